The van der Waals surface area contributed by atoms with E-state index in [-0.39, 0.29) is 31.5 Å². The number of carbonyl (C=O) groups excluding carboxylic acids is 1. The van der Waals surface area contributed by atoms with Crippen LogP contribution in [-0.4, -0.2) is 105 Å². The molecule has 1 heterocycles. The number of rotatable bonds is 9. The van der Waals surface area contributed by atoms with Crippen LogP contribution in [0.5, 0.6) is 0 Å². The van der Waals surface area contributed by atoms with Crippen molar-refractivity contribution in [2.24, 2.45) is 5.92 Å². The van der Waals surface area contributed by atoms with Crippen molar-refractivity contribution in [3.63, 3.8) is 0 Å². The summed E-state index contributed by atoms with van der Waals surface area (Å²) in [5.74, 6) is 0.254. The van der Waals surface area contributed by atoms with Gasteiger partial charge in [-0.1, -0.05) is 13.8 Å². The Balaban J connectivity index is 2.95. The Morgan fingerprint density at radius 1 is 1.19 bits per heavy atom. The van der Waals surface area contributed by atoms with Crippen molar-refractivity contribution in [2.45, 2.75) is 63.8 Å². The summed E-state index contributed by atoms with van der Waals surface area (Å²) in [6.07, 6.45) is -10.4. The summed E-state index contributed by atoms with van der Waals surface area (Å²) in [4.78, 5) is 13.1. The first-order chi connectivity index (χ1) is 12.6. The summed E-state index contributed by atoms with van der Waals surface area (Å²) < 4.78 is 10.9. The van der Waals surface area contributed by atoms with Gasteiger partial charge in [0.2, 0.25) is 0 Å². The van der Waals surface area contributed by atoms with Gasteiger partial charge in [-0.05, 0) is 12.8 Å². The number of aliphatic hydroxyl groups excluding tert-OH is 5. The van der Waals surface area contributed by atoms with Gasteiger partial charge in [0.1, 0.15) is 24.4 Å². The van der Waals surface area contributed by atoms with Crippen molar-refractivity contribution in [3.8, 4) is 0 Å². The number of aliphatic hydroxyl groups is 5. The zero-order valence-corrected chi connectivity index (χ0v) is 16.5. The Hall–Kier alpha value is -0.720. The molecule has 1 rings (SSSR count). The highest BCUT2D eigenvalue weighted by Gasteiger charge is 2.49. The van der Waals surface area contributed by atoms with Gasteiger partial charge in [-0.2, -0.15) is 0 Å². The summed E-state index contributed by atoms with van der Waals surface area (Å²) >= 11 is 5.53. The van der Waals surface area contributed by atoms with Gasteiger partial charge in [0, 0.05) is 12.4 Å². The molecule has 1 saturated heterocycles. The van der Waals surface area contributed by atoms with Gasteiger partial charge in [-0.25, -0.2) is 4.79 Å². The molecule has 0 radical (unpaired) electrons. The van der Waals surface area contributed by atoms with Crippen LogP contribution in [0.2, 0.25) is 0 Å². The molecule has 1 aliphatic heterocycles. The molecular formula is C16H31ClN2O8. The third-order valence-electron chi connectivity index (χ3n) is 3.91. The quantitative estimate of drug-likeness (QED) is 0.195. The van der Waals surface area contributed by atoms with Crippen LogP contribution in [0, 0.1) is 5.92 Å². The predicted molar refractivity (Wildman–Crippen MR) is 96.0 cm³/mol. The molecule has 2 unspecified atom stereocenters. The SMILES string of the molecule is CC(C)CO[C@@H]1O[C@H](C(O)N(CC(C)O)C(=O)NCCCl)[C@@H](O)[C@H](O)[C@H]1O. The van der Waals surface area contributed by atoms with Crippen molar-refractivity contribution in [1.82, 2.24) is 10.2 Å². The fraction of sp³-hybridized carbons (Fsp3) is 0.938. The molecule has 0 aromatic rings. The number of urea groups is 1. The average molecular weight is 415 g/mol. The van der Waals surface area contributed by atoms with E-state index in [1.165, 1.54) is 6.92 Å². The molecule has 0 aromatic heterocycles. The predicted octanol–water partition coefficient (Wildman–Crippen LogP) is -1.58. The Bertz CT molecular complexity index is 456. The van der Waals surface area contributed by atoms with E-state index < -0.39 is 49.1 Å². The van der Waals surface area contributed by atoms with Gasteiger partial charge in [0.05, 0.1) is 19.3 Å². The van der Waals surface area contributed by atoms with Gasteiger partial charge in [0.25, 0.3) is 0 Å². The Morgan fingerprint density at radius 2 is 1.81 bits per heavy atom. The van der Waals surface area contributed by atoms with E-state index in [1.807, 2.05) is 13.8 Å². The minimum atomic E-state index is -1.72. The van der Waals surface area contributed by atoms with Gasteiger partial charge < -0.3 is 40.3 Å². The molecule has 2 amide bonds. The zero-order chi connectivity index (χ0) is 20.7. The smallest absolute Gasteiger partial charge is 0.319 e. The molecule has 1 aliphatic rings. The largest absolute Gasteiger partial charge is 0.392 e. The van der Waals surface area contributed by atoms with Gasteiger partial charge in [-0.15, -0.1) is 11.6 Å². The van der Waals surface area contributed by atoms with Crippen molar-refractivity contribution < 1.29 is 39.8 Å². The lowest BCUT2D eigenvalue weighted by atomic mass is 9.97. The fourth-order valence-electron chi connectivity index (χ4n) is 2.57. The van der Waals surface area contributed by atoms with Crippen molar-refractivity contribution in [2.75, 3.05) is 25.6 Å². The van der Waals surface area contributed by atoms with E-state index in [4.69, 9.17) is 21.1 Å². The molecule has 27 heavy (non-hydrogen) atoms. The number of ether oxygens (including phenoxy) is 2. The Labute approximate surface area is 163 Å². The first-order valence-electron chi connectivity index (χ1n) is 8.87. The molecule has 0 bridgehead atoms. The van der Waals surface area contributed by atoms with E-state index >= 15 is 0 Å². The number of nitrogens with one attached hydrogen (secondary N) is 1. The average Bonchev–Trinajstić information content (AvgIpc) is 2.60. The highest BCUT2D eigenvalue weighted by atomic mass is 35.5. The van der Waals surface area contributed by atoms with E-state index in [9.17, 15) is 30.3 Å². The maximum atomic E-state index is 12.3. The first-order valence-corrected chi connectivity index (χ1v) is 9.41. The molecule has 0 spiro atoms. The molecule has 7 atom stereocenters. The molecule has 0 aliphatic carbocycles. The van der Waals surface area contributed by atoms with Crippen LogP contribution < -0.4 is 5.32 Å². The maximum Gasteiger partial charge on any atom is 0.319 e. The van der Waals surface area contributed by atoms with Crippen LogP contribution in [0.3, 0.4) is 0 Å². The van der Waals surface area contributed by atoms with E-state index in [2.05, 4.69) is 5.32 Å². The summed E-state index contributed by atoms with van der Waals surface area (Å²) in [7, 11) is 0. The standard InChI is InChI=1S/C16H31ClN2O8/c1-8(2)7-26-15-12(23)10(21)11(22)13(27-15)14(24)19(6-9(3)20)16(25)18-5-4-17/h8-15,20-24H,4-7H2,1-3H3,(H,18,25)/t9?,10-,11-,12+,13-,14?,15+/m0/s1. The van der Waals surface area contributed by atoms with Crippen molar-refractivity contribution in [1.29, 1.82) is 0 Å². The van der Waals surface area contributed by atoms with E-state index in [0.717, 1.165) is 4.90 Å². The maximum absolute atomic E-state index is 12.3. The lowest BCUT2D eigenvalue weighted by Gasteiger charge is -2.44. The topological polar surface area (TPSA) is 152 Å². The minimum absolute atomic E-state index is 0.112. The highest BCUT2D eigenvalue weighted by Crippen LogP contribution is 2.26. The first kappa shape index (κ1) is 24.3. The number of nitrogens with zero attached hydrogens (tertiary/aromatic N) is 1. The van der Waals surface area contributed by atoms with Crippen molar-refractivity contribution >= 4 is 17.6 Å². The molecule has 11 heteroatoms. The Morgan fingerprint density at radius 3 is 2.33 bits per heavy atom. The van der Waals surface area contributed by atoms with Gasteiger partial charge in [0.15, 0.2) is 12.5 Å². The number of alkyl halides is 1. The molecular weight excluding hydrogens is 384 g/mol. The summed E-state index contributed by atoms with van der Waals surface area (Å²) in [6, 6.07) is -0.736. The summed E-state index contributed by atoms with van der Waals surface area (Å²) in [5.41, 5.74) is 0. The molecule has 6 N–H and O–H groups in total. The van der Waals surface area contributed by atoms with E-state index in [1.54, 1.807) is 0 Å². The monoisotopic (exact) mass is 414 g/mol. The van der Waals surface area contributed by atoms with E-state index in [0.29, 0.717) is 0 Å². The third-order valence-corrected chi connectivity index (χ3v) is 4.10. The number of carbonyl (C=O) groups is 1. The van der Waals surface area contributed by atoms with Gasteiger partial charge in [-0.3, -0.25) is 4.90 Å². The van der Waals surface area contributed by atoms with Gasteiger partial charge >= 0.3 is 6.03 Å². The molecule has 1 fully saturated rings. The second-order valence-corrected chi connectivity index (χ2v) is 7.38. The molecule has 0 aromatic carbocycles. The number of hydrogen-bond donors (Lipinski definition) is 6. The summed E-state index contributed by atoms with van der Waals surface area (Å²) in [6.45, 7) is 5.23. The zero-order valence-electron chi connectivity index (χ0n) is 15.7. The van der Waals surface area contributed by atoms with Crippen LogP contribution in [-0.2, 0) is 9.47 Å². The fourth-order valence-corrected chi connectivity index (χ4v) is 2.67. The molecule has 160 valence electrons. The van der Waals surface area contributed by atoms with Crippen molar-refractivity contribution in [3.05, 3.63) is 0 Å². The Kier molecular flexibility index (Phi) is 10.2. The van der Waals surface area contributed by atoms with Crippen LogP contribution in [0.25, 0.3) is 0 Å². The molecule has 10 nitrogen and oxygen atoms in total. The van der Waals surface area contributed by atoms with Crippen LogP contribution in [0.1, 0.15) is 20.8 Å². The minimum Gasteiger partial charge on any atom is -0.392 e. The van der Waals surface area contributed by atoms with Crippen LogP contribution >= 0.6 is 11.6 Å². The van der Waals surface area contributed by atoms with Crippen LogP contribution in [0.4, 0.5) is 4.79 Å². The third kappa shape index (κ3) is 6.99. The normalized spacial score (nSPS) is 30.8. The molecule has 0 saturated carbocycles. The lowest BCUT2D eigenvalue weighted by molar-refractivity contribution is -0.319. The lowest BCUT2D eigenvalue weighted by Crippen LogP contribution is -2.65. The second-order valence-electron chi connectivity index (χ2n) is 7.00. The summed E-state index contributed by atoms with van der Waals surface area (Å²) in [5, 5.41) is 53.0. The number of halogens is 1. The highest BCUT2D eigenvalue weighted by molar-refractivity contribution is 6.18. The van der Waals surface area contributed by atoms with Crippen LogP contribution in [0.15, 0.2) is 0 Å². The number of amides is 2. The second kappa shape index (κ2) is 11.3. The number of hydrogen-bond acceptors (Lipinski definition) is 8.